The van der Waals surface area contributed by atoms with Gasteiger partial charge in [-0.1, -0.05) is 0 Å². The van der Waals surface area contributed by atoms with Crippen LogP contribution in [0.4, 0.5) is 0 Å². The molecule has 3 aliphatic heterocycles. The van der Waals surface area contributed by atoms with E-state index >= 15 is 0 Å². The molecule has 3 heterocycles. The number of nitrogens with one attached hydrogen (secondary N) is 1. The van der Waals surface area contributed by atoms with Gasteiger partial charge in [-0.25, -0.2) is 0 Å². The minimum Gasteiger partial charge on any atom is -0.381 e. The summed E-state index contributed by atoms with van der Waals surface area (Å²) in [5.74, 6) is 0.697. The van der Waals surface area contributed by atoms with Crippen LogP contribution < -0.4 is 5.32 Å². The van der Waals surface area contributed by atoms with Crippen LogP contribution in [0.15, 0.2) is 0 Å². The van der Waals surface area contributed by atoms with Gasteiger partial charge in [0.1, 0.15) is 0 Å². The summed E-state index contributed by atoms with van der Waals surface area (Å²) in [6, 6.07) is 0.608. The van der Waals surface area contributed by atoms with E-state index in [1.54, 1.807) is 0 Å². The van der Waals surface area contributed by atoms with Crippen molar-refractivity contribution in [3.63, 3.8) is 0 Å². The highest BCUT2D eigenvalue weighted by Gasteiger charge is 2.34. The number of rotatable bonds is 4. The molecule has 0 aromatic rings. The molecular weight excluding hydrogens is 230 g/mol. The fraction of sp³-hybridized carbons (Fsp3) is 1.00. The van der Waals surface area contributed by atoms with Gasteiger partial charge < -0.3 is 19.5 Å². The molecule has 0 saturated carbocycles. The highest BCUT2D eigenvalue weighted by Crippen LogP contribution is 2.25. The quantitative estimate of drug-likeness (QED) is 0.823. The van der Waals surface area contributed by atoms with Crippen molar-refractivity contribution in [1.29, 1.82) is 0 Å². The summed E-state index contributed by atoms with van der Waals surface area (Å²) in [5, 5.41) is 3.51. The van der Waals surface area contributed by atoms with E-state index in [1.165, 1.54) is 12.8 Å². The van der Waals surface area contributed by atoms with Crippen molar-refractivity contribution < 1.29 is 14.2 Å². The molecule has 3 atom stereocenters. The van der Waals surface area contributed by atoms with Gasteiger partial charge in [-0.2, -0.15) is 0 Å². The van der Waals surface area contributed by atoms with Crippen LogP contribution in [-0.4, -0.2) is 51.2 Å². The predicted octanol–water partition coefficient (Wildman–Crippen LogP) is 1.34. The van der Waals surface area contributed by atoms with Crippen LogP contribution >= 0.6 is 0 Å². The Labute approximate surface area is 109 Å². The molecule has 4 nitrogen and oxygen atoms in total. The lowest BCUT2D eigenvalue weighted by molar-refractivity contribution is -0.0949. The number of hydrogen-bond acceptors (Lipinski definition) is 4. The molecule has 3 fully saturated rings. The van der Waals surface area contributed by atoms with Crippen molar-refractivity contribution in [2.45, 2.75) is 50.4 Å². The zero-order valence-electron chi connectivity index (χ0n) is 11.1. The van der Waals surface area contributed by atoms with E-state index in [2.05, 4.69) is 5.32 Å². The van der Waals surface area contributed by atoms with E-state index in [9.17, 15) is 0 Å². The van der Waals surface area contributed by atoms with Gasteiger partial charge in [-0.05, 0) is 44.6 Å². The largest absolute Gasteiger partial charge is 0.381 e. The van der Waals surface area contributed by atoms with Crippen LogP contribution in [0.1, 0.15) is 32.1 Å². The molecule has 0 aliphatic carbocycles. The second kappa shape index (κ2) is 6.33. The highest BCUT2D eigenvalue weighted by molar-refractivity contribution is 4.89. The molecule has 3 aliphatic rings. The Morgan fingerprint density at radius 2 is 1.89 bits per heavy atom. The lowest BCUT2D eigenvalue weighted by Crippen LogP contribution is -2.42. The zero-order chi connectivity index (χ0) is 12.2. The van der Waals surface area contributed by atoms with Gasteiger partial charge in [0.25, 0.3) is 0 Å². The molecule has 0 radical (unpaired) electrons. The predicted molar refractivity (Wildman–Crippen MR) is 68.7 cm³/mol. The Morgan fingerprint density at radius 1 is 1.00 bits per heavy atom. The number of fused-ring (bicyclic) bond motifs is 1. The minimum atomic E-state index is 0.325. The van der Waals surface area contributed by atoms with E-state index < -0.39 is 0 Å². The third kappa shape index (κ3) is 3.23. The molecule has 104 valence electrons. The first kappa shape index (κ1) is 12.9. The van der Waals surface area contributed by atoms with Crippen molar-refractivity contribution in [1.82, 2.24) is 5.32 Å². The van der Waals surface area contributed by atoms with E-state index in [4.69, 9.17) is 14.2 Å². The minimum absolute atomic E-state index is 0.325. The maximum Gasteiger partial charge on any atom is 0.0813 e. The van der Waals surface area contributed by atoms with E-state index in [0.717, 1.165) is 52.2 Å². The average Bonchev–Trinajstić information content (AvgIpc) is 2.87. The molecule has 0 aromatic carbocycles. The lowest BCUT2D eigenvalue weighted by Gasteiger charge is -2.32. The summed E-state index contributed by atoms with van der Waals surface area (Å²) in [7, 11) is 0. The first-order chi connectivity index (χ1) is 8.92. The Morgan fingerprint density at radius 3 is 2.78 bits per heavy atom. The number of hydrogen-bond donors (Lipinski definition) is 1. The normalized spacial score (nSPS) is 37.7. The SMILES string of the molecule is C1C[C@H]2O[C@@H](COCC3CCOCC3)CC[C@H]2N1. The summed E-state index contributed by atoms with van der Waals surface area (Å²) >= 11 is 0. The van der Waals surface area contributed by atoms with Gasteiger partial charge in [0, 0.05) is 25.9 Å². The fourth-order valence-electron chi connectivity index (χ4n) is 3.28. The molecular formula is C14H25NO3. The molecule has 4 heteroatoms. The Hall–Kier alpha value is -0.160. The van der Waals surface area contributed by atoms with E-state index in [-0.39, 0.29) is 0 Å². The third-order valence-electron chi connectivity index (χ3n) is 4.45. The van der Waals surface area contributed by atoms with Crippen LogP contribution in [0.5, 0.6) is 0 Å². The Balaban J connectivity index is 1.33. The average molecular weight is 255 g/mol. The lowest BCUT2D eigenvalue weighted by atomic mass is 10.00. The first-order valence-corrected chi connectivity index (χ1v) is 7.46. The third-order valence-corrected chi connectivity index (χ3v) is 4.45. The van der Waals surface area contributed by atoms with Crippen molar-refractivity contribution in [2.75, 3.05) is 33.0 Å². The van der Waals surface area contributed by atoms with E-state index in [0.29, 0.717) is 24.2 Å². The maximum atomic E-state index is 6.09. The van der Waals surface area contributed by atoms with Crippen molar-refractivity contribution >= 4 is 0 Å². The van der Waals surface area contributed by atoms with Gasteiger partial charge in [0.05, 0.1) is 18.8 Å². The van der Waals surface area contributed by atoms with Crippen LogP contribution in [0.2, 0.25) is 0 Å². The topological polar surface area (TPSA) is 39.7 Å². The number of ether oxygens (including phenoxy) is 3. The van der Waals surface area contributed by atoms with Crippen LogP contribution in [0.25, 0.3) is 0 Å². The highest BCUT2D eigenvalue weighted by atomic mass is 16.5. The first-order valence-electron chi connectivity index (χ1n) is 7.46. The fourth-order valence-corrected chi connectivity index (χ4v) is 3.28. The van der Waals surface area contributed by atoms with Gasteiger partial charge in [0.2, 0.25) is 0 Å². The molecule has 1 N–H and O–H groups in total. The Kier molecular flexibility index (Phi) is 4.52. The summed E-state index contributed by atoms with van der Waals surface area (Å²) in [4.78, 5) is 0. The summed E-state index contributed by atoms with van der Waals surface area (Å²) in [6.07, 6.45) is 6.63. The van der Waals surface area contributed by atoms with Gasteiger partial charge in [-0.15, -0.1) is 0 Å². The van der Waals surface area contributed by atoms with Crippen molar-refractivity contribution in [2.24, 2.45) is 5.92 Å². The summed E-state index contributed by atoms with van der Waals surface area (Å²) < 4.78 is 17.3. The van der Waals surface area contributed by atoms with Gasteiger partial charge in [0.15, 0.2) is 0 Å². The summed E-state index contributed by atoms with van der Waals surface area (Å²) in [5.41, 5.74) is 0. The van der Waals surface area contributed by atoms with Crippen LogP contribution in [-0.2, 0) is 14.2 Å². The second-order valence-electron chi connectivity index (χ2n) is 5.82. The summed E-state index contributed by atoms with van der Waals surface area (Å²) in [6.45, 7) is 4.59. The zero-order valence-corrected chi connectivity index (χ0v) is 11.1. The molecule has 0 aromatic heterocycles. The smallest absolute Gasteiger partial charge is 0.0813 e. The van der Waals surface area contributed by atoms with Crippen LogP contribution in [0, 0.1) is 5.92 Å². The molecule has 0 unspecified atom stereocenters. The monoisotopic (exact) mass is 255 g/mol. The van der Waals surface area contributed by atoms with Gasteiger partial charge in [-0.3, -0.25) is 0 Å². The molecule has 0 bridgehead atoms. The van der Waals surface area contributed by atoms with Crippen LogP contribution in [0.3, 0.4) is 0 Å². The second-order valence-corrected chi connectivity index (χ2v) is 5.82. The molecule has 3 rings (SSSR count). The molecule has 0 spiro atoms. The van der Waals surface area contributed by atoms with Gasteiger partial charge >= 0.3 is 0 Å². The maximum absolute atomic E-state index is 6.09. The molecule has 3 saturated heterocycles. The standard InChI is InChI=1S/C14H25NO3/c1-2-13-14(3-6-15-13)18-12(1)10-17-9-11-4-7-16-8-5-11/h11-15H,1-10H2/t12-,13-,14-/m1/s1. The Bertz CT molecular complexity index is 255. The molecule has 18 heavy (non-hydrogen) atoms. The van der Waals surface area contributed by atoms with Crippen molar-refractivity contribution in [3.05, 3.63) is 0 Å². The van der Waals surface area contributed by atoms with Crippen molar-refractivity contribution in [3.8, 4) is 0 Å². The van der Waals surface area contributed by atoms with E-state index in [1.807, 2.05) is 0 Å². The molecule has 0 amide bonds.